The fourth-order valence-electron chi connectivity index (χ4n) is 3.16. The highest BCUT2D eigenvalue weighted by atomic mass is 35.5. The molecule has 5 heteroatoms. The highest BCUT2D eigenvalue weighted by Crippen LogP contribution is 2.45. The van der Waals surface area contributed by atoms with Gasteiger partial charge in [-0.1, -0.05) is 11.6 Å². The van der Waals surface area contributed by atoms with E-state index in [1.54, 1.807) is 11.3 Å². The van der Waals surface area contributed by atoms with Crippen LogP contribution in [0.4, 0.5) is 0 Å². The molecule has 106 valence electrons. The van der Waals surface area contributed by atoms with Crippen LogP contribution < -0.4 is 0 Å². The van der Waals surface area contributed by atoms with Crippen molar-refractivity contribution in [1.82, 2.24) is 0 Å². The van der Waals surface area contributed by atoms with E-state index in [1.165, 1.54) is 11.5 Å². The third kappa shape index (κ3) is 2.98. The van der Waals surface area contributed by atoms with Crippen LogP contribution in [0.3, 0.4) is 0 Å². The number of halogens is 1. The minimum atomic E-state index is -0.428. The molecule has 1 aromatic rings. The highest BCUT2D eigenvalue weighted by molar-refractivity contribution is 7.99. The summed E-state index contributed by atoms with van der Waals surface area (Å²) in [5.41, 5.74) is 0.0267. The Kier molecular flexibility index (Phi) is 4.44. The molecule has 1 aromatic heterocycles. The first kappa shape index (κ1) is 14.2. The standard InChI is InChI=1S/C14H19ClO2S2/c15-11-2-6-19-13(11)12(16)10-1-5-17-14(9-10)3-7-18-8-4-14/h2,6,10,12,16H,1,3-5,7-9H2. The Morgan fingerprint density at radius 1 is 1.42 bits per heavy atom. The Bertz CT molecular complexity index is 423. The van der Waals surface area contributed by atoms with Gasteiger partial charge in [0.05, 0.1) is 21.6 Å². The van der Waals surface area contributed by atoms with Crippen LogP contribution >= 0.6 is 34.7 Å². The van der Waals surface area contributed by atoms with Crippen LogP contribution in [0.5, 0.6) is 0 Å². The number of hydrogen-bond donors (Lipinski definition) is 1. The maximum absolute atomic E-state index is 10.6. The second kappa shape index (κ2) is 5.94. The van der Waals surface area contributed by atoms with Gasteiger partial charge in [-0.3, -0.25) is 0 Å². The van der Waals surface area contributed by atoms with E-state index in [4.69, 9.17) is 16.3 Å². The molecule has 0 bridgehead atoms. The molecule has 2 nitrogen and oxygen atoms in total. The van der Waals surface area contributed by atoms with Gasteiger partial charge in [0.2, 0.25) is 0 Å². The van der Waals surface area contributed by atoms with Gasteiger partial charge in [-0.25, -0.2) is 0 Å². The van der Waals surface area contributed by atoms with Gasteiger partial charge in [0.1, 0.15) is 0 Å². The molecule has 2 saturated heterocycles. The molecule has 0 saturated carbocycles. The molecule has 1 N–H and O–H groups in total. The van der Waals surface area contributed by atoms with Gasteiger partial charge in [-0.15, -0.1) is 11.3 Å². The van der Waals surface area contributed by atoms with Gasteiger partial charge in [0.15, 0.2) is 0 Å². The molecular weight excluding hydrogens is 300 g/mol. The van der Waals surface area contributed by atoms with Crippen molar-refractivity contribution in [2.75, 3.05) is 18.1 Å². The molecule has 0 aliphatic carbocycles. The first-order valence-electron chi connectivity index (χ1n) is 6.83. The average Bonchev–Trinajstić information content (AvgIpc) is 2.85. The molecule has 3 rings (SSSR count). The van der Waals surface area contributed by atoms with Crippen LogP contribution in [0, 0.1) is 5.92 Å². The molecular formula is C14H19ClO2S2. The smallest absolute Gasteiger partial charge is 0.0926 e. The van der Waals surface area contributed by atoms with Crippen LogP contribution in [0.25, 0.3) is 0 Å². The first-order chi connectivity index (χ1) is 9.20. The van der Waals surface area contributed by atoms with Crippen LogP contribution in [0.2, 0.25) is 5.02 Å². The summed E-state index contributed by atoms with van der Waals surface area (Å²) in [7, 11) is 0. The Balaban J connectivity index is 1.72. The largest absolute Gasteiger partial charge is 0.387 e. The number of rotatable bonds is 2. The van der Waals surface area contributed by atoms with E-state index in [0.29, 0.717) is 5.02 Å². The van der Waals surface area contributed by atoms with Crippen molar-refractivity contribution in [3.05, 3.63) is 21.3 Å². The molecule has 2 unspecified atom stereocenters. The van der Waals surface area contributed by atoms with Crippen LogP contribution in [0.1, 0.15) is 36.7 Å². The summed E-state index contributed by atoms with van der Waals surface area (Å²) in [5.74, 6) is 2.65. The van der Waals surface area contributed by atoms with Gasteiger partial charge in [0.25, 0.3) is 0 Å². The topological polar surface area (TPSA) is 29.5 Å². The van der Waals surface area contributed by atoms with E-state index >= 15 is 0 Å². The molecule has 0 amide bonds. The zero-order valence-corrected chi connectivity index (χ0v) is 13.2. The molecule has 3 heterocycles. The third-order valence-corrected chi connectivity index (χ3v) is 6.71. The van der Waals surface area contributed by atoms with E-state index in [9.17, 15) is 5.11 Å². The van der Waals surface area contributed by atoms with Gasteiger partial charge in [0, 0.05) is 6.61 Å². The van der Waals surface area contributed by atoms with Crippen LogP contribution in [-0.4, -0.2) is 28.8 Å². The quantitative estimate of drug-likeness (QED) is 0.889. The van der Waals surface area contributed by atoms with Crippen LogP contribution in [0.15, 0.2) is 11.4 Å². The van der Waals surface area contributed by atoms with E-state index in [1.807, 2.05) is 23.2 Å². The average molecular weight is 319 g/mol. The van der Waals surface area contributed by atoms with Crippen molar-refractivity contribution in [1.29, 1.82) is 0 Å². The minimum Gasteiger partial charge on any atom is -0.387 e. The van der Waals surface area contributed by atoms with E-state index in [2.05, 4.69) is 0 Å². The number of aliphatic hydroxyl groups excluding tert-OH is 1. The lowest BCUT2D eigenvalue weighted by Crippen LogP contribution is -2.44. The molecule has 1 spiro atoms. The number of aliphatic hydroxyl groups is 1. The summed E-state index contributed by atoms with van der Waals surface area (Å²) in [6.45, 7) is 0.773. The Morgan fingerprint density at radius 2 is 2.21 bits per heavy atom. The van der Waals surface area contributed by atoms with Crippen molar-refractivity contribution in [2.24, 2.45) is 5.92 Å². The number of ether oxygens (including phenoxy) is 1. The summed E-state index contributed by atoms with van der Waals surface area (Å²) in [6, 6.07) is 1.87. The monoisotopic (exact) mass is 318 g/mol. The summed E-state index contributed by atoms with van der Waals surface area (Å²) in [6.07, 6.45) is 3.73. The number of thioether (sulfide) groups is 1. The maximum Gasteiger partial charge on any atom is 0.0926 e. The van der Waals surface area contributed by atoms with Crippen LogP contribution in [-0.2, 0) is 4.74 Å². The van der Waals surface area contributed by atoms with Crippen molar-refractivity contribution in [3.8, 4) is 0 Å². The lowest BCUT2D eigenvalue weighted by Gasteiger charge is -2.44. The molecule has 19 heavy (non-hydrogen) atoms. The predicted molar refractivity (Wildman–Crippen MR) is 82.3 cm³/mol. The second-order valence-electron chi connectivity index (χ2n) is 5.47. The van der Waals surface area contributed by atoms with Crippen molar-refractivity contribution < 1.29 is 9.84 Å². The lowest BCUT2D eigenvalue weighted by molar-refractivity contribution is -0.120. The van der Waals surface area contributed by atoms with Crippen molar-refractivity contribution in [2.45, 2.75) is 37.4 Å². The SMILES string of the molecule is OC(c1sccc1Cl)C1CCOC2(CCSCC2)C1. The maximum atomic E-state index is 10.6. The van der Waals surface area contributed by atoms with Gasteiger partial charge in [-0.2, -0.15) is 11.8 Å². The third-order valence-electron chi connectivity index (χ3n) is 4.30. The number of hydrogen-bond acceptors (Lipinski definition) is 4. The zero-order valence-electron chi connectivity index (χ0n) is 10.8. The number of thiophene rings is 1. The van der Waals surface area contributed by atoms with Crippen molar-refractivity contribution in [3.63, 3.8) is 0 Å². The Labute approximate surface area is 127 Å². The summed E-state index contributed by atoms with van der Waals surface area (Å²) >= 11 is 9.72. The molecule has 2 atom stereocenters. The first-order valence-corrected chi connectivity index (χ1v) is 9.24. The van der Waals surface area contributed by atoms with E-state index in [-0.39, 0.29) is 11.5 Å². The van der Waals surface area contributed by atoms with Gasteiger partial charge < -0.3 is 9.84 Å². The van der Waals surface area contributed by atoms with Crippen molar-refractivity contribution >= 4 is 34.7 Å². The highest BCUT2D eigenvalue weighted by Gasteiger charge is 2.41. The van der Waals surface area contributed by atoms with E-state index in [0.717, 1.165) is 37.2 Å². The van der Waals surface area contributed by atoms with Gasteiger partial charge in [-0.05, 0) is 54.6 Å². The summed E-state index contributed by atoms with van der Waals surface area (Å²) in [5, 5.41) is 13.3. The summed E-state index contributed by atoms with van der Waals surface area (Å²) < 4.78 is 6.08. The summed E-state index contributed by atoms with van der Waals surface area (Å²) in [4.78, 5) is 0.925. The second-order valence-corrected chi connectivity index (χ2v) is 8.05. The zero-order chi connectivity index (χ0) is 13.3. The molecule has 0 radical (unpaired) electrons. The fraction of sp³-hybridized carbons (Fsp3) is 0.714. The molecule has 0 aromatic carbocycles. The van der Waals surface area contributed by atoms with Gasteiger partial charge >= 0.3 is 0 Å². The molecule has 2 fully saturated rings. The Hall–Kier alpha value is 0.260. The Morgan fingerprint density at radius 3 is 2.89 bits per heavy atom. The normalized spacial score (nSPS) is 28.4. The molecule has 2 aliphatic rings. The lowest BCUT2D eigenvalue weighted by atomic mass is 9.79. The fourth-order valence-corrected chi connectivity index (χ4v) is 5.64. The van der Waals surface area contributed by atoms with E-state index < -0.39 is 6.10 Å². The minimum absolute atomic E-state index is 0.0267. The molecule has 2 aliphatic heterocycles. The predicted octanol–water partition coefficient (Wildman–Crippen LogP) is 4.13.